The molecule has 2 aliphatic heterocycles. The Balaban J connectivity index is 2.05. The Labute approximate surface area is 240 Å². The van der Waals surface area contributed by atoms with Crippen LogP contribution in [0.2, 0.25) is 0 Å². The van der Waals surface area contributed by atoms with Crippen LogP contribution in [0.1, 0.15) is 33.3 Å². The van der Waals surface area contributed by atoms with E-state index in [0.717, 1.165) is 27.7 Å². The van der Waals surface area contributed by atoms with Crippen LogP contribution in [0, 0.1) is 0 Å². The standard InChI is InChI=1S/C27H32O15/c1-13(29)35-12-19-21(37-14(2)30)23(38-15(3)31)25(39-16(4)32)27(40-19)42-24-22(20(18(33)10-28)41-26(24)34)36-11-17-8-6-5-7-9-17/h5-9,18-21,23,25,27-28,33H,10-12H2,1-4H3/t18-,19+,20+,21+,23-,25+,27-/m0/s1. The summed E-state index contributed by atoms with van der Waals surface area (Å²) in [6.45, 7) is 2.85. The topological polar surface area (TPSA) is 200 Å². The molecule has 7 atom stereocenters. The summed E-state index contributed by atoms with van der Waals surface area (Å²) >= 11 is 0. The van der Waals surface area contributed by atoms with Crippen LogP contribution in [0.15, 0.2) is 41.9 Å². The van der Waals surface area contributed by atoms with E-state index in [4.69, 9.17) is 37.9 Å². The van der Waals surface area contributed by atoms with Gasteiger partial charge in [-0.3, -0.25) is 19.2 Å². The molecule has 15 nitrogen and oxygen atoms in total. The molecule has 0 bridgehead atoms. The lowest BCUT2D eigenvalue weighted by molar-refractivity contribution is -0.300. The van der Waals surface area contributed by atoms with Gasteiger partial charge in [0.05, 0.1) is 6.61 Å². The SMILES string of the molecule is CC(=O)OC[C@H]1O[C@@H](OC2=C(OCc3ccccc3)[C@@H]([C@@H](O)CO)OC2=O)[C@H](OC(C)=O)[C@@H](OC(C)=O)[C@@H]1OC(C)=O. The number of hydrogen-bond donors (Lipinski definition) is 2. The zero-order chi connectivity index (χ0) is 31.0. The second-order valence-electron chi connectivity index (χ2n) is 9.23. The van der Waals surface area contributed by atoms with Crippen molar-refractivity contribution in [2.75, 3.05) is 13.2 Å². The van der Waals surface area contributed by atoms with E-state index < -0.39 is 91.7 Å². The van der Waals surface area contributed by atoms with Crippen molar-refractivity contribution in [2.24, 2.45) is 0 Å². The van der Waals surface area contributed by atoms with Gasteiger partial charge in [0.1, 0.15) is 25.4 Å². The maximum atomic E-state index is 12.9. The van der Waals surface area contributed by atoms with E-state index in [0.29, 0.717) is 5.56 Å². The number of hydrogen-bond acceptors (Lipinski definition) is 15. The first-order chi connectivity index (χ1) is 19.9. The normalized spacial score (nSPS) is 26.0. The van der Waals surface area contributed by atoms with Gasteiger partial charge in [0, 0.05) is 27.7 Å². The molecule has 1 saturated heterocycles. The van der Waals surface area contributed by atoms with E-state index in [1.807, 2.05) is 0 Å². The average molecular weight is 597 g/mol. The molecular weight excluding hydrogens is 564 g/mol. The number of ether oxygens (including phenoxy) is 8. The Morgan fingerprint density at radius 3 is 2.05 bits per heavy atom. The van der Waals surface area contributed by atoms with E-state index >= 15 is 0 Å². The van der Waals surface area contributed by atoms with Crippen molar-refractivity contribution in [1.29, 1.82) is 0 Å². The van der Waals surface area contributed by atoms with E-state index in [1.54, 1.807) is 30.3 Å². The predicted octanol–water partition coefficient (Wildman–Crippen LogP) is -0.207. The Hall–Kier alpha value is -4.21. The summed E-state index contributed by atoms with van der Waals surface area (Å²) in [5, 5.41) is 19.8. The molecular formula is C27H32O15. The van der Waals surface area contributed by atoms with Gasteiger partial charge in [0.25, 0.3) is 0 Å². The lowest BCUT2D eigenvalue weighted by Gasteiger charge is -2.43. The highest BCUT2D eigenvalue weighted by Crippen LogP contribution is 2.35. The van der Waals surface area contributed by atoms with Crippen LogP contribution >= 0.6 is 0 Å². The van der Waals surface area contributed by atoms with Gasteiger partial charge in [-0.2, -0.15) is 0 Å². The average Bonchev–Trinajstić information content (AvgIpc) is 3.23. The first kappa shape index (κ1) is 32.3. The summed E-state index contributed by atoms with van der Waals surface area (Å²) in [7, 11) is 0. The van der Waals surface area contributed by atoms with Gasteiger partial charge < -0.3 is 48.1 Å². The molecule has 0 unspecified atom stereocenters. The third-order valence-corrected chi connectivity index (χ3v) is 5.86. The molecule has 42 heavy (non-hydrogen) atoms. The fourth-order valence-corrected chi connectivity index (χ4v) is 4.19. The van der Waals surface area contributed by atoms with E-state index in [-0.39, 0.29) is 12.4 Å². The van der Waals surface area contributed by atoms with Gasteiger partial charge in [0.15, 0.2) is 24.1 Å². The number of rotatable bonds is 12. The molecule has 0 amide bonds. The molecule has 3 rings (SSSR count). The van der Waals surface area contributed by atoms with Gasteiger partial charge in [-0.25, -0.2) is 4.79 Å². The van der Waals surface area contributed by atoms with Crippen LogP contribution in [0.5, 0.6) is 0 Å². The van der Waals surface area contributed by atoms with Gasteiger partial charge >= 0.3 is 29.8 Å². The minimum Gasteiger partial charge on any atom is -0.485 e. The lowest BCUT2D eigenvalue weighted by Crippen LogP contribution is -2.63. The molecule has 15 heteroatoms. The van der Waals surface area contributed by atoms with E-state index in [1.165, 1.54) is 0 Å². The van der Waals surface area contributed by atoms with Crippen LogP contribution in [-0.2, 0) is 68.5 Å². The molecule has 2 aliphatic rings. The number of cyclic esters (lactones) is 1. The Morgan fingerprint density at radius 2 is 1.48 bits per heavy atom. The summed E-state index contributed by atoms with van der Waals surface area (Å²) < 4.78 is 43.7. The monoisotopic (exact) mass is 596 g/mol. The van der Waals surface area contributed by atoms with Gasteiger partial charge in [-0.1, -0.05) is 30.3 Å². The van der Waals surface area contributed by atoms with Crippen LogP contribution < -0.4 is 0 Å². The Bertz CT molecular complexity index is 1180. The predicted molar refractivity (Wildman–Crippen MR) is 134 cm³/mol. The molecule has 0 radical (unpaired) electrons. The summed E-state index contributed by atoms with van der Waals surface area (Å²) in [5.74, 6) is -5.33. The second-order valence-corrected chi connectivity index (χ2v) is 9.23. The first-order valence-electron chi connectivity index (χ1n) is 12.8. The number of aliphatic hydroxyl groups excluding tert-OH is 2. The number of esters is 5. The zero-order valence-corrected chi connectivity index (χ0v) is 23.3. The number of aliphatic hydroxyl groups is 2. The number of carbonyl (C=O) groups is 5. The second kappa shape index (κ2) is 14.6. The van der Waals surface area contributed by atoms with Crippen molar-refractivity contribution in [1.82, 2.24) is 0 Å². The van der Waals surface area contributed by atoms with Gasteiger partial charge in [0.2, 0.25) is 18.2 Å². The van der Waals surface area contributed by atoms with E-state index in [2.05, 4.69) is 0 Å². The van der Waals surface area contributed by atoms with Gasteiger partial charge in [-0.05, 0) is 5.56 Å². The van der Waals surface area contributed by atoms with Crippen molar-refractivity contribution >= 4 is 29.8 Å². The summed E-state index contributed by atoms with van der Waals surface area (Å²) in [6.07, 6.45) is -10.8. The van der Waals surface area contributed by atoms with Crippen LogP contribution in [0.4, 0.5) is 0 Å². The minimum atomic E-state index is -1.76. The maximum Gasteiger partial charge on any atom is 0.378 e. The van der Waals surface area contributed by atoms with E-state index in [9.17, 15) is 34.2 Å². The van der Waals surface area contributed by atoms with Crippen molar-refractivity contribution < 1.29 is 72.1 Å². The van der Waals surface area contributed by atoms with Gasteiger partial charge in [-0.15, -0.1) is 0 Å². The molecule has 230 valence electrons. The summed E-state index contributed by atoms with van der Waals surface area (Å²) in [4.78, 5) is 60.5. The molecule has 1 aromatic rings. The molecule has 1 aromatic carbocycles. The molecule has 2 N–H and O–H groups in total. The molecule has 0 spiro atoms. The molecule has 0 aliphatic carbocycles. The Morgan fingerprint density at radius 1 is 0.881 bits per heavy atom. The summed E-state index contributed by atoms with van der Waals surface area (Å²) in [5.41, 5.74) is 0.674. The van der Waals surface area contributed by atoms with Crippen molar-refractivity contribution in [3.63, 3.8) is 0 Å². The Kier molecular flexibility index (Phi) is 11.2. The third-order valence-electron chi connectivity index (χ3n) is 5.86. The van der Waals surface area contributed by atoms with Crippen LogP contribution in [-0.4, -0.2) is 96.2 Å². The maximum absolute atomic E-state index is 12.9. The zero-order valence-electron chi connectivity index (χ0n) is 23.3. The highest BCUT2D eigenvalue weighted by Gasteiger charge is 2.55. The molecule has 0 aromatic heterocycles. The highest BCUT2D eigenvalue weighted by molar-refractivity contribution is 5.89. The lowest BCUT2D eigenvalue weighted by atomic mass is 9.98. The number of benzene rings is 1. The fourth-order valence-electron chi connectivity index (χ4n) is 4.19. The fraction of sp³-hybridized carbons (Fsp3) is 0.519. The van der Waals surface area contributed by atoms with Crippen LogP contribution in [0.3, 0.4) is 0 Å². The summed E-state index contributed by atoms with van der Waals surface area (Å²) in [6, 6.07) is 8.74. The van der Waals surface area contributed by atoms with Crippen molar-refractivity contribution in [3.8, 4) is 0 Å². The van der Waals surface area contributed by atoms with Crippen LogP contribution in [0.25, 0.3) is 0 Å². The number of carbonyl (C=O) groups excluding carboxylic acids is 5. The molecule has 0 saturated carbocycles. The molecule has 1 fully saturated rings. The quantitative estimate of drug-likeness (QED) is 0.237. The molecule has 2 heterocycles. The smallest absolute Gasteiger partial charge is 0.378 e. The van der Waals surface area contributed by atoms with Crippen molar-refractivity contribution in [2.45, 2.75) is 77.2 Å². The highest BCUT2D eigenvalue weighted by atomic mass is 16.7. The van der Waals surface area contributed by atoms with Crippen molar-refractivity contribution in [3.05, 3.63) is 47.4 Å². The first-order valence-corrected chi connectivity index (χ1v) is 12.8. The third kappa shape index (κ3) is 8.41. The largest absolute Gasteiger partial charge is 0.485 e. The minimum absolute atomic E-state index is 0.104.